The van der Waals surface area contributed by atoms with E-state index in [1.54, 1.807) is 0 Å². The third-order valence-corrected chi connectivity index (χ3v) is 3.56. The van der Waals surface area contributed by atoms with Crippen LogP contribution in [0.5, 0.6) is 5.75 Å². The Morgan fingerprint density at radius 3 is 2.45 bits per heavy atom. The maximum atomic E-state index is 5.69. The lowest BCUT2D eigenvalue weighted by molar-refractivity contribution is 0.319. The van der Waals surface area contributed by atoms with Crippen molar-refractivity contribution in [3.05, 3.63) is 64.1 Å². The molecule has 102 valence electrons. The van der Waals surface area contributed by atoms with Crippen LogP contribution in [0.15, 0.2) is 53.0 Å². The van der Waals surface area contributed by atoms with E-state index < -0.39 is 0 Å². The van der Waals surface area contributed by atoms with Crippen molar-refractivity contribution in [3.63, 3.8) is 0 Å². The second-order valence-corrected chi connectivity index (χ2v) is 5.89. The molecule has 0 bridgehead atoms. The Bertz CT molecular complexity index is 612. The van der Waals surface area contributed by atoms with Crippen LogP contribution in [0.4, 0.5) is 0 Å². The molecule has 1 nitrogen and oxygen atoms in total. The maximum absolute atomic E-state index is 5.69. The molecule has 0 fully saturated rings. The Morgan fingerprint density at radius 2 is 1.70 bits per heavy atom. The summed E-state index contributed by atoms with van der Waals surface area (Å²) in [4.78, 5) is 0. The van der Waals surface area contributed by atoms with Gasteiger partial charge in [-0.25, -0.2) is 0 Å². The quantitative estimate of drug-likeness (QED) is 0.403. The molecule has 0 aliphatic carbocycles. The molecule has 0 aliphatic rings. The van der Waals surface area contributed by atoms with Gasteiger partial charge in [-0.15, -0.1) is 0 Å². The highest BCUT2D eigenvalue weighted by Crippen LogP contribution is 2.21. The molecule has 0 spiro atoms. The van der Waals surface area contributed by atoms with Crippen LogP contribution < -0.4 is 4.74 Å². The summed E-state index contributed by atoms with van der Waals surface area (Å²) in [5.74, 6) is 7.16. The smallest absolute Gasteiger partial charge is 0.121 e. The van der Waals surface area contributed by atoms with Crippen molar-refractivity contribution in [2.75, 3.05) is 11.9 Å². The second-order valence-electron chi connectivity index (χ2n) is 4.18. The molecule has 0 unspecified atom stereocenters. The van der Waals surface area contributed by atoms with Crippen molar-refractivity contribution >= 4 is 31.9 Å². The van der Waals surface area contributed by atoms with Gasteiger partial charge in [-0.05, 0) is 36.8 Å². The van der Waals surface area contributed by atoms with Gasteiger partial charge in [0.1, 0.15) is 5.75 Å². The van der Waals surface area contributed by atoms with Gasteiger partial charge >= 0.3 is 0 Å². The van der Waals surface area contributed by atoms with Crippen molar-refractivity contribution in [1.29, 1.82) is 0 Å². The van der Waals surface area contributed by atoms with E-state index in [1.807, 2.05) is 48.5 Å². The van der Waals surface area contributed by atoms with Crippen LogP contribution in [0.3, 0.4) is 0 Å². The molecule has 2 rings (SSSR count). The lowest BCUT2D eigenvalue weighted by Crippen LogP contribution is -1.97. The van der Waals surface area contributed by atoms with Gasteiger partial charge in [0.25, 0.3) is 0 Å². The Labute approximate surface area is 136 Å². The van der Waals surface area contributed by atoms with Gasteiger partial charge < -0.3 is 4.74 Å². The minimum absolute atomic E-state index is 0.702. The molecule has 0 aromatic heterocycles. The zero-order valence-corrected chi connectivity index (χ0v) is 14.1. The summed E-state index contributed by atoms with van der Waals surface area (Å²) in [6.07, 6.45) is 0.984. The minimum atomic E-state index is 0.702. The van der Waals surface area contributed by atoms with Crippen molar-refractivity contribution in [3.8, 4) is 17.6 Å². The number of halogens is 2. The molecule has 2 aromatic carbocycles. The van der Waals surface area contributed by atoms with E-state index in [1.165, 1.54) is 0 Å². The first-order valence-corrected chi connectivity index (χ1v) is 8.26. The zero-order chi connectivity index (χ0) is 14.2. The largest absolute Gasteiger partial charge is 0.493 e. The van der Waals surface area contributed by atoms with E-state index in [0.29, 0.717) is 6.61 Å². The zero-order valence-electron chi connectivity index (χ0n) is 10.9. The summed E-state index contributed by atoms with van der Waals surface area (Å²) in [6.45, 7) is 0.702. The normalized spacial score (nSPS) is 9.70. The number of hydrogen-bond donors (Lipinski definition) is 0. The fourth-order valence-electron chi connectivity index (χ4n) is 1.63. The summed E-state index contributed by atoms with van der Waals surface area (Å²) in [5.41, 5.74) is 1.95. The highest BCUT2D eigenvalue weighted by Gasteiger charge is 1.99. The third kappa shape index (κ3) is 5.03. The first kappa shape index (κ1) is 15.2. The lowest BCUT2D eigenvalue weighted by atomic mass is 10.2. The number of benzene rings is 2. The highest BCUT2D eigenvalue weighted by atomic mass is 79.9. The van der Waals surface area contributed by atoms with Gasteiger partial charge in [0.15, 0.2) is 0 Å². The average Bonchev–Trinajstić information content (AvgIpc) is 2.46. The van der Waals surface area contributed by atoms with Crippen molar-refractivity contribution in [1.82, 2.24) is 0 Å². The van der Waals surface area contributed by atoms with E-state index in [4.69, 9.17) is 4.74 Å². The number of hydrogen-bond acceptors (Lipinski definition) is 1. The number of rotatable bonds is 4. The first-order chi connectivity index (χ1) is 9.78. The number of ether oxygens (including phenoxy) is 1. The molecule has 2 aromatic rings. The van der Waals surface area contributed by atoms with Crippen LogP contribution in [0, 0.1) is 11.8 Å². The number of alkyl halides is 1. The maximum Gasteiger partial charge on any atom is 0.121 e. The van der Waals surface area contributed by atoms with Gasteiger partial charge in [-0.1, -0.05) is 61.9 Å². The summed E-state index contributed by atoms with van der Waals surface area (Å²) >= 11 is 6.88. The van der Waals surface area contributed by atoms with Crippen LogP contribution in [-0.2, 0) is 0 Å². The van der Waals surface area contributed by atoms with Gasteiger partial charge in [0.05, 0.1) is 6.61 Å². The predicted octanol–water partition coefficient (Wildman–Crippen LogP) is 5.01. The summed E-state index contributed by atoms with van der Waals surface area (Å²) in [7, 11) is 0. The molecule has 0 radical (unpaired) electrons. The molecule has 0 saturated carbocycles. The van der Waals surface area contributed by atoms with Crippen LogP contribution in [0.1, 0.15) is 17.5 Å². The molecule has 0 amide bonds. The lowest BCUT2D eigenvalue weighted by Gasteiger charge is -2.06. The van der Waals surface area contributed by atoms with Gasteiger partial charge in [-0.3, -0.25) is 0 Å². The van der Waals surface area contributed by atoms with Crippen LogP contribution in [0.2, 0.25) is 0 Å². The van der Waals surface area contributed by atoms with E-state index in [-0.39, 0.29) is 0 Å². The Balaban J connectivity index is 2.14. The van der Waals surface area contributed by atoms with Crippen molar-refractivity contribution in [2.24, 2.45) is 0 Å². The van der Waals surface area contributed by atoms with Crippen LogP contribution in [0.25, 0.3) is 0 Å². The van der Waals surface area contributed by atoms with Crippen LogP contribution >= 0.6 is 31.9 Å². The molecule has 3 heteroatoms. The van der Waals surface area contributed by atoms with Gasteiger partial charge in [0, 0.05) is 20.9 Å². The fraction of sp³-hybridized carbons (Fsp3) is 0.176. The van der Waals surface area contributed by atoms with Gasteiger partial charge in [-0.2, -0.15) is 0 Å². The Kier molecular flexibility index (Phi) is 6.17. The topological polar surface area (TPSA) is 9.23 Å². The summed E-state index contributed by atoms with van der Waals surface area (Å²) in [5, 5.41) is 0.946. The third-order valence-electron chi connectivity index (χ3n) is 2.54. The summed E-state index contributed by atoms with van der Waals surface area (Å²) < 4.78 is 6.67. The molecule has 0 N–H and O–H groups in total. The van der Waals surface area contributed by atoms with Crippen molar-refractivity contribution < 1.29 is 4.74 Å². The Morgan fingerprint density at radius 1 is 0.950 bits per heavy atom. The molecule has 0 atom stereocenters. The van der Waals surface area contributed by atoms with E-state index >= 15 is 0 Å². The Hall–Kier alpha value is -1.24. The monoisotopic (exact) mass is 392 g/mol. The van der Waals surface area contributed by atoms with Gasteiger partial charge in [0.2, 0.25) is 0 Å². The standard InChI is InChI=1S/C17H14Br2O/c18-9-4-10-20-17-12-15(11-16(19)13-17)8-7-14-5-2-1-3-6-14/h1-3,5-6,11-13H,4,9-10H2. The molecule has 20 heavy (non-hydrogen) atoms. The molecule has 0 saturated heterocycles. The molecule has 0 aliphatic heterocycles. The van der Waals surface area contributed by atoms with Crippen LogP contribution in [-0.4, -0.2) is 11.9 Å². The van der Waals surface area contributed by atoms with E-state index in [0.717, 1.165) is 33.1 Å². The minimum Gasteiger partial charge on any atom is -0.493 e. The van der Waals surface area contributed by atoms with Crippen molar-refractivity contribution in [2.45, 2.75) is 6.42 Å². The SMILES string of the molecule is BrCCCOc1cc(Br)cc(C#Cc2ccccc2)c1. The average molecular weight is 394 g/mol. The summed E-state index contributed by atoms with van der Waals surface area (Å²) in [6, 6.07) is 15.9. The first-order valence-electron chi connectivity index (χ1n) is 6.34. The van der Waals surface area contributed by atoms with E-state index in [9.17, 15) is 0 Å². The highest BCUT2D eigenvalue weighted by molar-refractivity contribution is 9.10. The molecular weight excluding hydrogens is 380 g/mol. The molecule has 0 heterocycles. The second kappa shape index (κ2) is 8.14. The molecular formula is C17H14Br2O. The predicted molar refractivity (Wildman–Crippen MR) is 90.5 cm³/mol. The van der Waals surface area contributed by atoms with E-state index in [2.05, 4.69) is 43.7 Å². The fourth-order valence-corrected chi connectivity index (χ4v) is 2.33.